The third kappa shape index (κ3) is 16.6. The zero-order valence-corrected chi connectivity index (χ0v) is 16.1. The molecule has 0 unspecified atom stereocenters. The van der Waals surface area contributed by atoms with Crippen molar-refractivity contribution in [2.45, 2.75) is 123 Å². The minimum Gasteiger partial charge on any atom is -0.396 e. The Hall–Kier alpha value is -0.0800. The monoisotopic (exact) mass is 328 g/mol. The van der Waals surface area contributed by atoms with Gasteiger partial charge in [0.05, 0.1) is 6.10 Å². The highest BCUT2D eigenvalue weighted by Gasteiger charge is 2.11. The number of unbranched alkanes of at least 4 members (excludes halogenated alkanes) is 14. The van der Waals surface area contributed by atoms with E-state index in [9.17, 15) is 5.11 Å². The van der Waals surface area contributed by atoms with E-state index in [0.717, 1.165) is 12.8 Å². The third-order valence-electron chi connectivity index (χ3n) is 5.05. The van der Waals surface area contributed by atoms with Crippen molar-refractivity contribution >= 4 is 0 Å². The lowest BCUT2D eigenvalue weighted by atomic mass is 9.99. The molecule has 0 saturated heterocycles. The lowest BCUT2D eigenvalue weighted by Gasteiger charge is -2.15. The van der Waals surface area contributed by atoms with Crippen LogP contribution in [0.1, 0.15) is 117 Å². The van der Waals surface area contributed by atoms with Crippen LogP contribution >= 0.6 is 0 Å². The number of hydrogen-bond acceptors (Lipinski definition) is 2. The Morgan fingerprint density at radius 2 is 0.957 bits per heavy atom. The lowest BCUT2D eigenvalue weighted by Crippen LogP contribution is -2.20. The molecule has 2 heteroatoms. The van der Waals surface area contributed by atoms with Crippen LogP contribution in [0.2, 0.25) is 0 Å². The molecule has 0 spiro atoms. The van der Waals surface area contributed by atoms with Crippen molar-refractivity contribution in [1.82, 2.24) is 0 Å². The number of aliphatic hydroxyl groups is 2. The molecule has 0 aromatic carbocycles. The maximum Gasteiger partial charge on any atom is 0.0587 e. The van der Waals surface area contributed by atoms with Gasteiger partial charge in [-0.3, -0.25) is 0 Å². The minimum atomic E-state index is -0.318. The molecular formula is C21H44O2. The fourth-order valence-corrected chi connectivity index (χ4v) is 3.13. The van der Waals surface area contributed by atoms with Crippen LogP contribution in [0, 0.1) is 5.92 Å². The Kier molecular flexibility index (Phi) is 18.2. The summed E-state index contributed by atoms with van der Waals surface area (Å²) in [5.41, 5.74) is 0. The van der Waals surface area contributed by atoms with Crippen LogP contribution in [0.5, 0.6) is 0 Å². The van der Waals surface area contributed by atoms with Crippen molar-refractivity contribution in [3.63, 3.8) is 0 Å². The van der Waals surface area contributed by atoms with E-state index in [0.29, 0.717) is 0 Å². The Morgan fingerprint density at radius 1 is 0.609 bits per heavy atom. The summed E-state index contributed by atoms with van der Waals surface area (Å²) in [6.45, 7) is 4.29. The Balaban J connectivity index is 3.08. The molecule has 0 bridgehead atoms. The van der Waals surface area contributed by atoms with Crippen LogP contribution in [-0.2, 0) is 0 Å². The summed E-state index contributed by atoms with van der Waals surface area (Å²) in [6, 6.07) is 0. The quantitative estimate of drug-likeness (QED) is 0.292. The van der Waals surface area contributed by atoms with E-state index in [-0.39, 0.29) is 18.6 Å². The molecule has 0 rings (SSSR count). The van der Waals surface area contributed by atoms with E-state index in [2.05, 4.69) is 6.92 Å². The molecule has 0 aromatic rings. The summed E-state index contributed by atoms with van der Waals surface area (Å²) in [5, 5.41) is 18.7. The van der Waals surface area contributed by atoms with E-state index < -0.39 is 0 Å². The molecule has 2 atom stereocenters. The van der Waals surface area contributed by atoms with Crippen molar-refractivity contribution in [2.75, 3.05) is 6.61 Å². The van der Waals surface area contributed by atoms with Gasteiger partial charge in [0.15, 0.2) is 0 Å². The van der Waals surface area contributed by atoms with Crippen LogP contribution in [0.25, 0.3) is 0 Å². The van der Waals surface area contributed by atoms with Crippen LogP contribution in [0.3, 0.4) is 0 Å². The second kappa shape index (κ2) is 18.3. The lowest BCUT2D eigenvalue weighted by molar-refractivity contribution is 0.0685. The first-order chi connectivity index (χ1) is 11.2. The van der Waals surface area contributed by atoms with Gasteiger partial charge < -0.3 is 10.2 Å². The van der Waals surface area contributed by atoms with Gasteiger partial charge in [-0.15, -0.1) is 0 Å². The van der Waals surface area contributed by atoms with E-state index in [1.807, 2.05) is 6.92 Å². The highest BCUT2D eigenvalue weighted by atomic mass is 16.3. The molecular weight excluding hydrogens is 284 g/mol. The SMILES string of the molecule is CCCCCCCCCCCCCCCCC[C@H](O)[C@H](C)CO. The largest absolute Gasteiger partial charge is 0.396 e. The van der Waals surface area contributed by atoms with Crippen molar-refractivity contribution in [1.29, 1.82) is 0 Å². The first-order valence-corrected chi connectivity index (χ1v) is 10.5. The number of hydrogen-bond donors (Lipinski definition) is 2. The highest BCUT2D eigenvalue weighted by molar-refractivity contribution is 4.63. The molecule has 0 amide bonds. The number of aliphatic hydroxyl groups excluding tert-OH is 2. The summed E-state index contributed by atoms with van der Waals surface area (Å²) in [6.07, 6.45) is 21.1. The zero-order chi connectivity index (χ0) is 17.2. The second-order valence-corrected chi connectivity index (χ2v) is 7.47. The minimum absolute atomic E-state index is 0.0293. The smallest absolute Gasteiger partial charge is 0.0587 e. The van der Waals surface area contributed by atoms with Crippen LogP contribution in [-0.4, -0.2) is 22.9 Å². The van der Waals surface area contributed by atoms with Crippen LogP contribution in [0.15, 0.2) is 0 Å². The van der Waals surface area contributed by atoms with E-state index in [1.165, 1.54) is 89.9 Å². The first-order valence-electron chi connectivity index (χ1n) is 10.5. The maximum atomic E-state index is 9.76. The first kappa shape index (κ1) is 22.9. The summed E-state index contributed by atoms with van der Waals surface area (Å²) in [4.78, 5) is 0. The zero-order valence-electron chi connectivity index (χ0n) is 16.1. The van der Waals surface area contributed by atoms with Gasteiger partial charge >= 0.3 is 0 Å². The fourth-order valence-electron chi connectivity index (χ4n) is 3.13. The molecule has 0 aromatic heterocycles. The van der Waals surface area contributed by atoms with Crippen molar-refractivity contribution in [3.05, 3.63) is 0 Å². The van der Waals surface area contributed by atoms with Gasteiger partial charge in [0.1, 0.15) is 0 Å². The second-order valence-electron chi connectivity index (χ2n) is 7.47. The molecule has 0 heterocycles. The van der Waals surface area contributed by atoms with Crippen LogP contribution < -0.4 is 0 Å². The van der Waals surface area contributed by atoms with Crippen molar-refractivity contribution in [2.24, 2.45) is 5.92 Å². The predicted molar refractivity (Wildman–Crippen MR) is 102 cm³/mol. The van der Waals surface area contributed by atoms with Gasteiger partial charge in [0.25, 0.3) is 0 Å². The third-order valence-corrected chi connectivity index (χ3v) is 5.05. The molecule has 0 saturated carbocycles. The molecule has 2 nitrogen and oxygen atoms in total. The molecule has 140 valence electrons. The molecule has 2 N–H and O–H groups in total. The van der Waals surface area contributed by atoms with Gasteiger partial charge in [-0.05, 0) is 6.42 Å². The van der Waals surface area contributed by atoms with Gasteiger partial charge in [-0.25, -0.2) is 0 Å². The fraction of sp³-hybridized carbons (Fsp3) is 1.00. The maximum absolute atomic E-state index is 9.76. The predicted octanol–water partition coefficient (Wildman–Crippen LogP) is 6.24. The van der Waals surface area contributed by atoms with E-state index in [1.54, 1.807) is 0 Å². The average molecular weight is 329 g/mol. The summed E-state index contributed by atoms with van der Waals surface area (Å²) >= 11 is 0. The normalized spacial score (nSPS) is 14.1. The van der Waals surface area contributed by atoms with Gasteiger partial charge in [-0.2, -0.15) is 0 Å². The Bertz CT molecular complexity index is 218. The summed E-state index contributed by atoms with van der Waals surface area (Å²) in [5.74, 6) is 0.0293. The van der Waals surface area contributed by atoms with E-state index in [4.69, 9.17) is 5.11 Å². The van der Waals surface area contributed by atoms with Crippen molar-refractivity contribution in [3.8, 4) is 0 Å². The van der Waals surface area contributed by atoms with Crippen molar-refractivity contribution < 1.29 is 10.2 Å². The Labute approximate surface area is 146 Å². The average Bonchev–Trinajstić information content (AvgIpc) is 2.57. The topological polar surface area (TPSA) is 40.5 Å². The molecule has 0 radical (unpaired) electrons. The highest BCUT2D eigenvalue weighted by Crippen LogP contribution is 2.15. The standard InChI is InChI=1S/C21H44O2/c1-3-4-5-6-7-8-9-10-11-12-13-14-15-16-17-18-21(23)20(2)19-22/h20-23H,3-19H2,1-2H3/t20-,21+/m1/s1. The molecule has 0 aliphatic carbocycles. The van der Waals surface area contributed by atoms with Crippen LogP contribution in [0.4, 0.5) is 0 Å². The molecule has 0 aliphatic rings. The molecule has 0 fully saturated rings. The summed E-state index contributed by atoms with van der Waals surface area (Å²) < 4.78 is 0. The number of rotatable bonds is 18. The van der Waals surface area contributed by atoms with Gasteiger partial charge in [0.2, 0.25) is 0 Å². The van der Waals surface area contributed by atoms with E-state index >= 15 is 0 Å². The molecule has 0 aliphatic heterocycles. The van der Waals surface area contributed by atoms with Gasteiger partial charge in [0, 0.05) is 12.5 Å². The van der Waals surface area contributed by atoms with Gasteiger partial charge in [-0.1, -0.05) is 110 Å². The Morgan fingerprint density at radius 3 is 1.30 bits per heavy atom. The summed E-state index contributed by atoms with van der Waals surface area (Å²) in [7, 11) is 0. The molecule has 23 heavy (non-hydrogen) atoms.